The molecule has 1 aliphatic rings. The van der Waals surface area contributed by atoms with Crippen molar-refractivity contribution in [2.75, 3.05) is 51.6 Å². The smallest absolute Gasteiger partial charge is 0.271 e. The lowest BCUT2D eigenvalue weighted by molar-refractivity contribution is -0.384. The van der Waals surface area contributed by atoms with Gasteiger partial charge >= 0.3 is 0 Å². The summed E-state index contributed by atoms with van der Waals surface area (Å²) in [7, 11) is 2.14. The number of nitrogens with zero attached hydrogens (tertiary/aromatic N) is 5. The van der Waals surface area contributed by atoms with E-state index in [-0.39, 0.29) is 11.5 Å². The summed E-state index contributed by atoms with van der Waals surface area (Å²) in [4.78, 5) is 24.7. The molecule has 1 fully saturated rings. The van der Waals surface area contributed by atoms with Crippen molar-refractivity contribution in [1.29, 1.82) is 0 Å². The van der Waals surface area contributed by atoms with Gasteiger partial charge in [0.05, 0.1) is 10.4 Å². The highest BCUT2D eigenvalue weighted by atomic mass is 19.1. The molecule has 9 heteroatoms. The number of fused-ring (bicyclic) bond motifs is 1. The van der Waals surface area contributed by atoms with Crippen molar-refractivity contribution < 1.29 is 9.31 Å². The molecule has 0 spiro atoms. The van der Waals surface area contributed by atoms with E-state index in [1.54, 1.807) is 30.4 Å². The number of rotatable bonds is 8. The highest BCUT2D eigenvalue weighted by molar-refractivity contribution is 5.91. The summed E-state index contributed by atoms with van der Waals surface area (Å²) < 4.78 is 13.1. The van der Waals surface area contributed by atoms with Gasteiger partial charge in [0.1, 0.15) is 11.6 Å². The van der Waals surface area contributed by atoms with Crippen molar-refractivity contribution >= 4 is 34.6 Å². The fraction of sp³-hybridized carbons (Fsp3) is 0.333. The topological polar surface area (TPSA) is 87.4 Å². The van der Waals surface area contributed by atoms with Gasteiger partial charge < -0.3 is 15.1 Å². The molecule has 0 amide bonds. The first kappa shape index (κ1) is 22.8. The van der Waals surface area contributed by atoms with Gasteiger partial charge in [-0.1, -0.05) is 18.2 Å². The highest BCUT2D eigenvalue weighted by Crippen LogP contribution is 2.25. The van der Waals surface area contributed by atoms with Crippen LogP contribution in [0.3, 0.4) is 0 Å². The van der Waals surface area contributed by atoms with Gasteiger partial charge in [-0.3, -0.25) is 10.1 Å². The second kappa shape index (κ2) is 10.5. The SMILES string of the molecule is CN1CCN(CCCNc2nc(C=Cc3ccc(F)cc3)nc3cc([N+](=O)[O-])ccc23)CC1. The molecule has 4 rings (SSSR count). The summed E-state index contributed by atoms with van der Waals surface area (Å²) in [5.41, 5.74) is 1.29. The number of hydrogen-bond acceptors (Lipinski definition) is 7. The van der Waals surface area contributed by atoms with Crippen LogP contribution in [0.15, 0.2) is 42.5 Å². The predicted molar refractivity (Wildman–Crippen MR) is 129 cm³/mol. The van der Waals surface area contributed by atoms with Crippen LogP contribution in [0.25, 0.3) is 23.1 Å². The fourth-order valence-corrected chi connectivity index (χ4v) is 3.78. The van der Waals surface area contributed by atoms with Crippen molar-refractivity contribution in [2.24, 2.45) is 0 Å². The molecule has 2 aromatic carbocycles. The average molecular weight is 451 g/mol. The largest absolute Gasteiger partial charge is 0.369 e. The molecule has 1 N–H and O–H groups in total. The molecule has 1 aromatic heterocycles. The predicted octanol–water partition coefficient (Wildman–Crippen LogP) is 3.90. The minimum atomic E-state index is -0.432. The molecule has 0 saturated carbocycles. The van der Waals surface area contributed by atoms with Crippen LogP contribution in [0.4, 0.5) is 15.9 Å². The Balaban J connectivity index is 1.51. The highest BCUT2D eigenvalue weighted by Gasteiger charge is 2.14. The standard InChI is InChI=1S/C24H27FN6O2/c1-29-13-15-30(16-14-29)12-2-11-26-24-21-9-8-20(31(32)33)17-22(21)27-23(28-24)10-5-18-3-6-19(25)7-4-18/h3-10,17H,2,11-16H2,1H3,(H,26,27,28). The van der Waals surface area contributed by atoms with Crippen molar-refractivity contribution in [3.05, 3.63) is 69.8 Å². The molecule has 172 valence electrons. The van der Waals surface area contributed by atoms with Crippen molar-refractivity contribution in [1.82, 2.24) is 19.8 Å². The summed E-state index contributed by atoms with van der Waals surface area (Å²) >= 11 is 0. The second-order valence-corrected chi connectivity index (χ2v) is 8.20. The van der Waals surface area contributed by atoms with E-state index >= 15 is 0 Å². The number of halogens is 1. The molecular formula is C24H27FN6O2. The van der Waals surface area contributed by atoms with Gasteiger partial charge in [-0.25, -0.2) is 14.4 Å². The van der Waals surface area contributed by atoms with Crippen molar-refractivity contribution in [2.45, 2.75) is 6.42 Å². The minimum Gasteiger partial charge on any atom is -0.369 e. The van der Waals surface area contributed by atoms with Crippen LogP contribution in [0.2, 0.25) is 0 Å². The Labute approximate surface area is 191 Å². The molecule has 0 atom stereocenters. The van der Waals surface area contributed by atoms with Crippen LogP contribution in [0.1, 0.15) is 17.8 Å². The molecular weight excluding hydrogens is 423 g/mol. The molecule has 8 nitrogen and oxygen atoms in total. The monoisotopic (exact) mass is 450 g/mol. The zero-order valence-corrected chi connectivity index (χ0v) is 18.6. The molecule has 3 aromatic rings. The molecule has 33 heavy (non-hydrogen) atoms. The van der Waals surface area contributed by atoms with Crippen LogP contribution in [-0.4, -0.2) is 71.0 Å². The molecule has 0 radical (unpaired) electrons. The van der Waals surface area contributed by atoms with Gasteiger partial charge in [0.25, 0.3) is 5.69 Å². The zero-order chi connectivity index (χ0) is 23.2. The molecule has 0 bridgehead atoms. The van der Waals surface area contributed by atoms with Crippen molar-refractivity contribution in [3.8, 4) is 0 Å². The Morgan fingerprint density at radius 1 is 1.09 bits per heavy atom. The molecule has 0 unspecified atom stereocenters. The van der Waals surface area contributed by atoms with E-state index in [2.05, 4.69) is 32.1 Å². The number of benzene rings is 2. The molecule has 0 aliphatic carbocycles. The average Bonchev–Trinajstić information content (AvgIpc) is 2.82. The third kappa shape index (κ3) is 6.09. The van der Waals surface area contributed by atoms with Crippen LogP contribution in [-0.2, 0) is 0 Å². The molecule has 1 aliphatic heterocycles. The lowest BCUT2D eigenvalue weighted by Crippen LogP contribution is -2.44. The minimum absolute atomic E-state index is 0.0179. The van der Waals surface area contributed by atoms with E-state index < -0.39 is 4.92 Å². The second-order valence-electron chi connectivity index (χ2n) is 8.20. The van der Waals surface area contributed by atoms with Gasteiger partial charge in [0.15, 0.2) is 5.82 Å². The Hall–Kier alpha value is -3.43. The third-order valence-corrected chi connectivity index (χ3v) is 5.74. The number of likely N-dealkylation sites (N-methyl/N-ethyl adjacent to an activating group) is 1. The maximum absolute atomic E-state index is 13.1. The summed E-state index contributed by atoms with van der Waals surface area (Å²) in [6.45, 7) is 6.08. The number of nitro groups is 1. The van der Waals surface area contributed by atoms with Crippen LogP contribution >= 0.6 is 0 Å². The van der Waals surface area contributed by atoms with E-state index in [1.807, 2.05) is 0 Å². The number of nitrogens with one attached hydrogen (secondary N) is 1. The van der Waals surface area contributed by atoms with Gasteiger partial charge in [0, 0.05) is 50.2 Å². The Bertz CT molecular complexity index is 1140. The lowest BCUT2D eigenvalue weighted by Gasteiger charge is -2.32. The number of non-ortho nitro benzene ring substituents is 1. The zero-order valence-electron chi connectivity index (χ0n) is 18.6. The number of piperazine rings is 1. The first-order valence-corrected chi connectivity index (χ1v) is 11.0. The van der Waals surface area contributed by atoms with Crippen LogP contribution in [0, 0.1) is 15.9 Å². The Kier molecular flexibility index (Phi) is 7.21. The maximum atomic E-state index is 13.1. The van der Waals surface area contributed by atoms with Crippen LogP contribution in [0.5, 0.6) is 0 Å². The number of anilines is 1. The van der Waals surface area contributed by atoms with E-state index in [1.165, 1.54) is 24.3 Å². The first-order chi connectivity index (χ1) is 16.0. The summed E-state index contributed by atoms with van der Waals surface area (Å²) in [6, 6.07) is 10.7. The normalized spacial score (nSPS) is 15.3. The van der Waals surface area contributed by atoms with E-state index in [0.29, 0.717) is 17.2 Å². The maximum Gasteiger partial charge on any atom is 0.271 e. The summed E-state index contributed by atoms with van der Waals surface area (Å²) in [5.74, 6) is 0.769. The summed E-state index contributed by atoms with van der Waals surface area (Å²) in [6.07, 6.45) is 4.47. The number of nitro benzene ring substituents is 1. The lowest BCUT2D eigenvalue weighted by atomic mass is 10.2. The van der Waals surface area contributed by atoms with Gasteiger partial charge in [-0.2, -0.15) is 0 Å². The quantitative estimate of drug-likeness (QED) is 0.316. The van der Waals surface area contributed by atoms with E-state index in [4.69, 9.17) is 0 Å². The Morgan fingerprint density at radius 3 is 2.58 bits per heavy atom. The van der Waals surface area contributed by atoms with Crippen molar-refractivity contribution in [3.63, 3.8) is 0 Å². The van der Waals surface area contributed by atoms with E-state index in [0.717, 1.165) is 56.6 Å². The third-order valence-electron chi connectivity index (χ3n) is 5.74. The first-order valence-electron chi connectivity index (χ1n) is 11.0. The van der Waals surface area contributed by atoms with Gasteiger partial charge in [-0.05, 0) is 49.9 Å². The molecule has 1 saturated heterocycles. The van der Waals surface area contributed by atoms with E-state index in [9.17, 15) is 14.5 Å². The van der Waals surface area contributed by atoms with Gasteiger partial charge in [-0.15, -0.1) is 0 Å². The molecule has 2 heterocycles. The number of hydrogen-bond donors (Lipinski definition) is 1. The van der Waals surface area contributed by atoms with Crippen LogP contribution < -0.4 is 5.32 Å². The summed E-state index contributed by atoms with van der Waals surface area (Å²) in [5, 5.41) is 15.4. The van der Waals surface area contributed by atoms with Gasteiger partial charge in [0.2, 0.25) is 0 Å². The Morgan fingerprint density at radius 2 is 1.85 bits per heavy atom. The fourth-order valence-electron chi connectivity index (χ4n) is 3.78. The number of aromatic nitrogens is 2.